The fourth-order valence-electron chi connectivity index (χ4n) is 2.30. The van der Waals surface area contributed by atoms with Gasteiger partial charge < -0.3 is 10.2 Å². The minimum atomic E-state index is -1.30. The first-order valence-corrected chi connectivity index (χ1v) is 7.64. The van der Waals surface area contributed by atoms with Gasteiger partial charge in [-0.15, -0.1) is 0 Å². The molecule has 0 spiro atoms. The van der Waals surface area contributed by atoms with E-state index in [0.29, 0.717) is 10.6 Å². The standard InChI is InChI=1S/C18H18ClFO3.2H2S/c1-11-2-5-14(19)8-13(11)9-17(22)18(23)10-16(21)12-3-6-15(20)7-4-12;;/h2-8,16,18,21,23H,9-10H2,1H3;2*1H2/t16-,18-;;/m0../s1. The molecule has 3 nitrogen and oxygen atoms in total. The number of aliphatic hydroxyl groups is 2. The van der Waals surface area contributed by atoms with Crippen LogP contribution in [0.15, 0.2) is 42.5 Å². The smallest absolute Gasteiger partial charge is 0.165 e. The summed E-state index contributed by atoms with van der Waals surface area (Å²) in [6, 6.07) is 10.5. The van der Waals surface area contributed by atoms with Crippen LogP contribution in [0.4, 0.5) is 4.39 Å². The molecule has 0 bridgehead atoms. The normalized spacial score (nSPS) is 12.5. The van der Waals surface area contributed by atoms with Crippen molar-refractivity contribution >= 4 is 44.4 Å². The van der Waals surface area contributed by atoms with E-state index in [4.69, 9.17) is 11.6 Å². The number of hydrogen-bond acceptors (Lipinski definition) is 3. The van der Waals surface area contributed by atoms with Crippen molar-refractivity contribution in [1.29, 1.82) is 0 Å². The van der Waals surface area contributed by atoms with Crippen LogP contribution < -0.4 is 0 Å². The van der Waals surface area contributed by atoms with Gasteiger partial charge in [0.25, 0.3) is 0 Å². The molecule has 0 aliphatic carbocycles. The van der Waals surface area contributed by atoms with Crippen LogP contribution in [-0.2, 0) is 11.2 Å². The summed E-state index contributed by atoms with van der Waals surface area (Å²) in [4.78, 5) is 12.1. The molecule has 0 fully saturated rings. The summed E-state index contributed by atoms with van der Waals surface area (Å²) in [6.07, 6.45) is -2.42. The Labute approximate surface area is 165 Å². The molecule has 0 saturated heterocycles. The van der Waals surface area contributed by atoms with Crippen molar-refractivity contribution in [2.75, 3.05) is 0 Å². The van der Waals surface area contributed by atoms with E-state index in [1.165, 1.54) is 24.3 Å². The maximum absolute atomic E-state index is 12.9. The van der Waals surface area contributed by atoms with E-state index in [2.05, 4.69) is 0 Å². The predicted octanol–water partition coefficient (Wildman–Crippen LogP) is 3.61. The van der Waals surface area contributed by atoms with Gasteiger partial charge in [-0.25, -0.2) is 4.39 Å². The average Bonchev–Trinajstić information content (AvgIpc) is 2.51. The minimum Gasteiger partial charge on any atom is -0.388 e. The first kappa shape index (κ1) is 23.9. The molecule has 0 heterocycles. The Morgan fingerprint density at radius 2 is 1.72 bits per heavy atom. The highest BCUT2D eigenvalue weighted by atomic mass is 35.5. The van der Waals surface area contributed by atoms with Gasteiger partial charge >= 0.3 is 0 Å². The Bertz CT molecular complexity index is 695. The number of carbonyl (C=O) groups is 1. The van der Waals surface area contributed by atoms with Crippen molar-refractivity contribution in [1.82, 2.24) is 0 Å². The number of ketones is 1. The second-order valence-corrected chi connectivity index (χ2v) is 5.97. The summed E-state index contributed by atoms with van der Waals surface area (Å²) in [6.45, 7) is 1.86. The third-order valence-electron chi connectivity index (χ3n) is 3.75. The molecule has 7 heteroatoms. The van der Waals surface area contributed by atoms with E-state index in [0.717, 1.165) is 11.1 Å². The van der Waals surface area contributed by atoms with E-state index >= 15 is 0 Å². The highest BCUT2D eigenvalue weighted by Crippen LogP contribution is 2.21. The van der Waals surface area contributed by atoms with E-state index in [1.54, 1.807) is 12.1 Å². The molecule has 25 heavy (non-hydrogen) atoms. The molecule has 2 rings (SSSR count). The lowest BCUT2D eigenvalue weighted by Gasteiger charge is -2.16. The third kappa shape index (κ3) is 6.99. The molecule has 2 aromatic rings. The van der Waals surface area contributed by atoms with Crippen LogP contribution >= 0.6 is 38.6 Å². The highest BCUT2D eigenvalue weighted by molar-refractivity contribution is 7.59. The molecule has 0 unspecified atom stereocenters. The number of rotatable bonds is 6. The molecule has 2 aromatic carbocycles. The van der Waals surface area contributed by atoms with Crippen molar-refractivity contribution in [3.63, 3.8) is 0 Å². The van der Waals surface area contributed by atoms with Gasteiger partial charge in [-0.1, -0.05) is 29.8 Å². The van der Waals surface area contributed by atoms with Crippen molar-refractivity contribution in [3.8, 4) is 0 Å². The van der Waals surface area contributed by atoms with Crippen LogP contribution in [0.1, 0.15) is 29.2 Å². The molecule has 138 valence electrons. The molecular weight excluding hydrogens is 383 g/mol. The zero-order valence-corrected chi connectivity index (χ0v) is 16.4. The van der Waals surface area contributed by atoms with E-state index < -0.39 is 23.8 Å². The summed E-state index contributed by atoms with van der Waals surface area (Å²) < 4.78 is 12.9. The fourth-order valence-corrected chi connectivity index (χ4v) is 2.49. The fraction of sp³-hybridized carbons (Fsp3) is 0.278. The number of aryl methyl sites for hydroxylation is 1. The van der Waals surface area contributed by atoms with Crippen LogP contribution in [0.2, 0.25) is 5.02 Å². The molecule has 0 radical (unpaired) electrons. The lowest BCUT2D eigenvalue weighted by molar-refractivity contribution is -0.128. The highest BCUT2D eigenvalue weighted by Gasteiger charge is 2.21. The predicted molar refractivity (Wildman–Crippen MR) is 108 cm³/mol. The van der Waals surface area contributed by atoms with Gasteiger partial charge in [0.05, 0.1) is 6.10 Å². The monoisotopic (exact) mass is 404 g/mol. The van der Waals surface area contributed by atoms with Crippen molar-refractivity contribution in [2.24, 2.45) is 0 Å². The lowest BCUT2D eigenvalue weighted by Crippen LogP contribution is -2.25. The number of hydrogen-bond donors (Lipinski definition) is 2. The molecule has 0 aliphatic heterocycles. The Morgan fingerprint density at radius 1 is 1.12 bits per heavy atom. The second-order valence-electron chi connectivity index (χ2n) is 5.53. The van der Waals surface area contributed by atoms with Crippen LogP contribution in [0, 0.1) is 12.7 Å². The third-order valence-corrected chi connectivity index (χ3v) is 3.98. The molecule has 0 amide bonds. The van der Waals surface area contributed by atoms with Gasteiger partial charge in [0.1, 0.15) is 11.9 Å². The largest absolute Gasteiger partial charge is 0.388 e. The first-order valence-electron chi connectivity index (χ1n) is 7.26. The Balaban J connectivity index is 0.00000288. The first-order chi connectivity index (χ1) is 10.9. The van der Waals surface area contributed by atoms with Crippen molar-refractivity contribution in [2.45, 2.75) is 32.0 Å². The molecule has 0 saturated carbocycles. The van der Waals surface area contributed by atoms with Gasteiger partial charge in [0.2, 0.25) is 0 Å². The molecular formula is C18H22ClFO3S2. The zero-order chi connectivity index (χ0) is 17.0. The van der Waals surface area contributed by atoms with Gasteiger partial charge in [-0.05, 0) is 47.9 Å². The molecule has 2 atom stereocenters. The maximum atomic E-state index is 12.9. The van der Waals surface area contributed by atoms with Gasteiger partial charge in [0, 0.05) is 17.9 Å². The second kappa shape index (κ2) is 10.8. The molecule has 2 N–H and O–H groups in total. The minimum absolute atomic E-state index is 0. The van der Waals surface area contributed by atoms with Crippen LogP contribution in [-0.4, -0.2) is 22.1 Å². The Morgan fingerprint density at radius 3 is 2.32 bits per heavy atom. The number of Topliss-reactive ketones (excluding diaryl/α,β-unsaturated/α-hetero) is 1. The SMILES string of the molecule is Cc1ccc(Cl)cc1CC(=O)[C@@H](O)C[C@H](O)c1ccc(F)cc1.S.S. The number of halogens is 2. The van der Waals surface area contributed by atoms with Crippen LogP contribution in [0.3, 0.4) is 0 Å². The average molecular weight is 405 g/mol. The van der Waals surface area contributed by atoms with Gasteiger partial charge in [-0.2, -0.15) is 27.0 Å². The summed E-state index contributed by atoms with van der Waals surface area (Å²) in [5, 5.41) is 20.6. The summed E-state index contributed by atoms with van der Waals surface area (Å²) in [7, 11) is 0. The van der Waals surface area contributed by atoms with Gasteiger partial charge in [0.15, 0.2) is 5.78 Å². The molecule has 0 aliphatic rings. The Kier molecular flexibility index (Phi) is 10.4. The van der Waals surface area contributed by atoms with E-state index in [1.807, 2.05) is 13.0 Å². The van der Waals surface area contributed by atoms with Crippen molar-refractivity contribution in [3.05, 3.63) is 70.0 Å². The summed E-state index contributed by atoms with van der Waals surface area (Å²) in [5.41, 5.74) is 2.11. The topological polar surface area (TPSA) is 57.5 Å². The van der Waals surface area contributed by atoms with Crippen LogP contribution in [0.5, 0.6) is 0 Å². The molecule has 0 aromatic heterocycles. The van der Waals surface area contributed by atoms with Crippen molar-refractivity contribution < 1.29 is 19.4 Å². The van der Waals surface area contributed by atoms with E-state index in [-0.39, 0.29) is 39.8 Å². The number of aliphatic hydroxyl groups excluding tert-OH is 2. The lowest BCUT2D eigenvalue weighted by atomic mass is 9.96. The van der Waals surface area contributed by atoms with E-state index in [9.17, 15) is 19.4 Å². The maximum Gasteiger partial charge on any atom is 0.165 e. The van der Waals surface area contributed by atoms with Crippen LogP contribution in [0.25, 0.3) is 0 Å². The zero-order valence-electron chi connectivity index (χ0n) is 13.7. The summed E-state index contributed by atoms with van der Waals surface area (Å²) in [5.74, 6) is -0.800. The quantitative estimate of drug-likeness (QED) is 0.773. The summed E-state index contributed by atoms with van der Waals surface area (Å²) >= 11 is 5.91. The Hall–Kier alpha value is -1.05. The number of carbonyl (C=O) groups excluding carboxylic acids is 1. The van der Waals surface area contributed by atoms with Gasteiger partial charge in [-0.3, -0.25) is 4.79 Å². The number of benzene rings is 2.